The molecule has 3 rings (SSSR count). The first-order chi connectivity index (χ1) is 13.3. The molecule has 148 valence electrons. The van der Waals surface area contributed by atoms with Crippen LogP contribution in [0.1, 0.15) is 25.0 Å². The normalized spacial score (nSPS) is 11.1. The molecule has 5 nitrogen and oxygen atoms in total. The number of thiazole rings is 1. The van der Waals surface area contributed by atoms with Gasteiger partial charge in [-0.05, 0) is 24.0 Å². The number of carbonyl (C=O) groups is 1. The number of aromatic nitrogens is 2. The van der Waals surface area contributed by atoms with E-state index in [0.717, 1.165) is 17.7 Å². The van der Waals surface area contributed by atoms with Crippen LogP contribution < -0.4 is 10.1 Å². The van der Waals surface area contributed by atoms with Gasteiger partial charge in [-0.3, -0.25) is 5.32 Å². The molecule has 1 aromatic carbocycles. The topological polar surface area (TPSA) is 56.1 Å². The van der Waals surface area contributed by atoms with Crippen LogP contribution in [0, 0.1) is 23.4 Å². The van der Waals surface area contributed by atoms with Crippen molar-refractivity contribution in [2.45, 2.75) is 26.8 Å². The van der Waals surface area contributed by atoms with Crippen LogP contribution in [0.3, 0.4) is 0 Å². The van der Waals surface area contributed by atoms with Gasteiger partial charge in [-0.1, -0.05) is 19.9 Å². The van der Waals surface area contributed by atoms with Gasteiger partial charge in [0.05, 0.1) is 6.54 Å². The zero-order chi connectivity index (χ0) is 20.3. The van der Waals surface area contributed by atoms with Gasteiger partial charge in [0, 0.05) is 29.4 Å². The van der Waals surface area contributed by atoms with Gasteiger partial charge in [-0.15, -0.1) is 11.3 Å². The molecule has 0 saturated heterocycles. The molecule has 0 spiro atoms. The number of ether oxygens (including phenoxy) is 1. The van der Waals surface area contributed by atoms with E-state index in [-0.39, 0.29) is 18.0 Å². The van der Waals surface area contributed by atoms with Crippen LogP contribution in [0.15, 0.2) is 36.0 Å². The van der Waals surface area contributed by atoms with E-state index in [1.807, 2.05) is 13.8 Å². The average Bonchev–Trinajstić information content (AvgIpc) is 3.25. The van der Waals surface area contributed by atoms with Crippen molar-refractivity contribution in [1.29, 1.82) is 0 Å². The molecule has 1 amide bonds. The molecule has 3 aromatic rings. The summed E-state index contributed by atoms with van der Waals surface area (Å²) in [6.07, 6.45) is 3.19. The maximum Gasteiger partial charge on any atom is 0.420 e. The molecule has 28 heavy (non-hydrogen) atoms. The van der Waals surface area contributed by atoms with Gasteiger partial charge in [0.25, 0.3) is 0 Å². The molecule has 0 fully saturated rings. The van der Waals surface area contributed by atoms with Crippen LogP contribution in [0.5, 0.6) is 5.88 Å². The first-order valence-electron chi connectivity index (χ1n) is 8.53. The second kappa shape index (κ2) is 8.47. The first-order valence-corrected chi connectivity index (χ1v) is 9.41. The Morgan fingerprint density at radius 3 is 2.75 bits per heavy atom. The average molecular weight is 409 g/mol. The molecule has 0 radical (unpaired) electrons. The molecule has 0 atom stereocenters. The van der Waals surface area contributed by atoms with Gasteiger partial charge >= 0.3 is 6.09 Å². The van der Waals surface area contributed by atoms with Crippen molar-refractivity contribution >= 4 is 22.6 Å². The fourth-order valence-electron chi connectivity index (χ4n) is 2.70. The van der Waals surface area contributed by atoms with E-state index in [2.05, 4.69) is 10.3 Å². The second-order valence-electron chi connectivity index (χ2n) is 6.60. The van der Waals surface area contributed by atoms with Crippen molar-refractivity contribution in [2.24, 2.45) is 5.92 Å². The molecule has 2 heterocycles. The van der Waals surface area contributed by atoms with Crippen LogP contribution in [0.25, 0.3) is 0 Å². The number of rotatable bonds is 6. The van der Waals surface area contributed by atoms with Gasteiger partial charge in [0.1, 0.15) is 0 Å². The highest BCUT2D eigenvalue weighted by Crippen LogP contribution is 2.24. The van der Waals surface area contributed by atoms with Crippen molar-refractivity contribution in [3.8, 4) is 5.88 Å². The van der Waals surface area contributed by atoms with E-state index < -0.39 is 23.5 Å². The molecule has 0 unspecified atom stereocenters. The minimum absolute atomic E-state index is 0.0595. The van der Waals surface area contributed by atoms with Crippen LogP contribution in [0.2, 0.25) is 0 Å². The van der Waals surface area contributed by atoms with Gasteiger partial charge in [-0.2, -0.15) is 0 Å². The van der Waals surface area contributed by atoms with Crippen LogP contribution in [-0.4, -0.2) is 15.6 Å². The number of benzene rings is 1. The second-order valence-corrected chi connectivity index (χ2v) is 7.49. The highest BCUT2D eigenvalue weighted by atomic mass is 32.1. The number of amides is 1. The summed E-state index contributed by atoms with van der Waals surface area (Å²) in [4.78, 5) is 16.1. The molecule has 0 saturated carbocycles. The van der Waals surface area contributed by atoms with Crippen molar-refractivity contribution in [2.75, 3.05) is 5.32 Å². The Morgan fingerprint density at radius 1 is 1.29 bits per heavy atom. The molecule has 1 N–H and O–H groups in total. The van der Waals surface area contributed by atoms with Crippen molar-refractivity contribution in [1.82, 2.24) is 9.55 Å². The summed E-state index contributed by atoms with van der Waals surface area (Å²) >= 11 is 1.23. The van der Waals surface area contributed by atoms with E-state index in [1.165, 1.54) is 22.1 Å². The SMILES string of the molecule is CC(C)Cc1cc(OC(=O)Nc2nccs2)n(Cc2ccc(F)c(F)c2F)c1. The third-order valence-corrected chi connectivity index (χ3v) is 4.54. The quantitative estimate of drug-likeness (QED) is 0.568. The maximum atomic E-state index is 14.1. The molecular formula is C19H18F3N3O2S. The standard InChI is InChI=1S/C19H18F3N3O2S/c1-11(2)7-12-8-15(27-19(26)24-18-23-5-6-28-18)25(9-12)10-13-3-4-14(20)17(22)16(13)21/h3-6,8-9,11H,7,10H2,1-2H3,(H,23,24,26). The fourth-order valence-corrected chi connectivity index (χ4v) is 3.22. The van der Waals surface area contributed by atoms with E-state index in [0.29, 0.717) is 17.5 Å². The number of carbonyl (C=O) groups excluding carboxylic acids is 1. The smallest absolute Gasteiger partial charge is 0.393 e. The van der Waals surface area contributed by atoms with Gasteiger partial charge in [0.2, 0.25) is 5.88 Å². The lowest BCUT2D eigenvalue weighted by Crippen LogP contribution is -2.18. The first kappa shape index (κ1) is 19.9. The van der Waals surface area contributed by atoms with E-state index in [9.17, 15) is 18.0 Å². The number of hydrogen-bond acceptors (Lipinski definition) is 4. The maximum absolute atomic E-state index is 14.1. The van der Waals surface area contributed by atoms with E-state index >= 15 is 0 Å². The van der Waals surface area contributed by atoms with Crippen molar-refractivity contribution < 1.29 is 22.7 Å². The number of halogens is 3. The zero-order valence-corrected chi connectivity index (χ0v) is 16.0. The molecule has 0 aliphatic rings. The Balaban J connectivity index is 1.85. The molecule has 0 aliphatic heterocycles. The van der Waals surface area contributed by atoms with Gasteiger partial charge in [-0.25, -0.2) is 22.9 Å². The largest absolute Gasteiger partial charge is 0.420 e. The number of nitrogens with zero attached hydrogens (tertiary/aromatic N) is 2. The van der Waals surface area contributed by atoms with E-state index in [1.54, 1.807) is 17.6 Å². The number of hydrogen-bond donors (Lipinski definition) is 1. The Kier molecular flexibility index (Phi) is 6.03. The molecule has 9 heteroatoms. The highest BCUT2D eigenvalue weighted by molar-refractivity contribution is 7.13. The molecular weight excluding hydrogens is 391 g/mol. The summed E-state index contributed by atoms with van der Waals surface area (Å²) in [6.45, 7) is 3.94. The van der Waals surface area contributed by atoms with Crippen LogP contribution in [-0.2, 0) is 13.0 Å². The van der Waals surface area contributed by atoms with Gasteiger partial charge in [0.15, 0.2) is 22.6 Å². The fraction of sp³-hybridized carbons (Fsp3) is 0.263. The van der Waals surface area contributed by atoms with Crippen LogP contribution >= 0.6 is 11.3 Å². The Labute approximate surface area is 163 Å². The summed E-state index contributed by atoms with van der Waals surface area (Å²) in [6, 6.07) is 3.69. The third-order valence-electron chi connectivity index (χ3n) is 3.85. The summed E-state index contributed by atoms with van der Waals surface area (Å²) in [5.74, 6) is -3.55. The Bertz CT molecular complexity index is 971. The minimum atomic E-state index is -1.53. The lowest BCUT2D eigenvalue weighted by molar-refractivity contribution is 0.211. The molecule has 0 bridgehead atoms. The third kappa shape index (κ3) is 4.72. The summed E-state index contributed by atoms with van der Waals surface area (Å²) < 4.78 is 47.6. The summed E-state index contributed by atoms with van der Waals surface area (Å²) in [7, 11) is 0. The molecule has 2 aromatic heterocycles. The highest BCUT2D eigenvalue weighted by Gasteiger charge is 2.18. The van der Waals surface area contributed by atoms with Gasteiger partial charge < -0.3 is 9.30 Å². The zero-order valence-electron chi connectivity index (χ0n) is 15.2. The summed E-state index contributed by atoms with van der Waals surface area (Å²) in [5.41, 5.74) is 0.811. The number of nitrogens with one attached hydrogen (secondary N) is 1. The predicted octanol–water partition coefficient (Wildman–Crippen LogP) is 5.22. The van der Waals surface area contributed by atoms with E-state index in [4.69, 9.17) is 4.74 Å². The minimum Gasteiger partial charge on any atom is -0.393 e. The Hall–Kier alpha value is -2.81. The lowest BCUT2D eigenvalue weighted by atomic mass is 10.1. The Morgan fingerprint density at radius 2 is 2.07 bits per heavy atom. The monoisotopic (exact) mass is 409 g/mol. The lowest BCUT2D eigenvalue weighted by Gasteiger charge is -2.11. The van der Waals surface area contributed by atoms with Crippen molar-refractivity contribution in [3.63, 3.8) is 0 Å². The van der Waals surface area contributed by atoms with Crippen molar-refractivity contribution in [3.05, 3.63) is 64.6 Å². The predicted molar refractivity (Wildman–Crippen MR) is 100 cm³/mol. The number of anilines is 1. The van der Waals surface area contributed by atoms with Crippen LogP contribution in [0.4, 0.5) is 23.1 Å². The molecule has 0 aliphatic carbocycles. The summed E-state index contributed by atoms with van der Waals surface area (Å²) in [5, 5.41) is 4.56.